The molecule has 1 unspecified atom stereocenters. The quantitative estimate of drug-likeness (QED) is 0.915. The van der Waals surface area contributed by atoms with Gasteiger partial charge in [0, 0.05) is 4.47 Å². The van der Waals surface area contributed by atoms with Crippen molar-refractivity contribution >= 4 is 22.0 Å². The molecule has 1 rings (SSSR count). The third-order valence-corrected chi connectivity index (χ3v) is 2.56. The first-order valence-electron chi connectivity index (χ1n) is 6.15. The summed E-state index contributed by atoms with van der Waals surface area (Å²) in [5.74, 6) is 0.757. The highest BCUT2D eigenvalue weighted by molar-refractivity contribution is 9.10. The predicted molar refractivity (Wildman–Crippen MR) is 78.5 cm³/mol. The fourth-order valence-electron chi connectivity index (χ4n) is 1.36. The minimum atomic E-state index is -0.488. The largest absolute Gasteiger partial charge is 0.489 e. The Morgan fingerprint density at radius 1 is 1.42 bits per heavy atom. The van der Waals surface area contributed by atoms with Gasteiger partial charge in [-0.2, -0.15) is 0 Å². The molecule has 0 saturated heterocycles. The van der Waals surface area contributed by atoms with Crippen molar-refractivity contribution in [3.8, 4) is 5.75 Å². The Morgan fingerprint density at radius 3 is 2.68 bits per heavy atom. The zero-order valence-electron chi connectivity index (χ0n) is 11.7. The van der Waals surface area contributed by atoms with Crippen LogP contribution in [0.25, 0.3) is 0 Å². The predicted octanol–water partition coefficient (Wildman–Crippen LogP) is 3.74. The monoisotopic (exact) mass is 329 g/mol. The van der Waals surface area contributed by atoms with Crippen molar-refractivity contribution in [1.82, 2.24) is 5.32 Å². The highest BCUT2D eigenvalue weighted by Gasteiger charge is 2.16. The molecule has 0 fully saturated rings. The van der Waals surface area contributed by atoms with E-state index in [0.29, 0.717) is 6.54 Å². The second-order valence-corrected chi connectivity index (χ2v) is 6.18. The van der Waals surface area contributed by atoms with E-state index >= 15 is 0 Å². The molecule has 0 aliphatic rings. The number of nitrogens with one attached hydrogen (secondary N) is 1. The fraction of sp³-hybridized carbons (Fsp3) is 0.500. The Morgan fingerprint density at radius 2 is 2.11 bits per heavy atom. The number of amides is 1. The number of hydrogen-bond donors (Lipinski definition) is 1. The lowest BCUT2D eigenvalue weighted by molar-refractivity contribution is 0.0505. The molecule has 4 nitrogen and oxygen atoms in total. The summed E-state index contributed by atoms with van der Waals surface area (Å²) in [6.07, 6.45) is -0.570. The number of rotatable bonds is 4. The van der Waals surface area contributed by atoms with Crippen molar-refractivity contribution in [3.63, 3.8) is 0 Å². The van der Waals surface area contributed by atoms with Gasteiger partial charge in [-0.1, -0.05) is 22.0 Å². The van der Waals surface area contributed by atoms with Crippen molar-refractivity contribution in [2.75, 3.05) is 6.54 Å². The molecule has 1 amide bonds. The van der Waals surface area contributed by atoms with Crippen LogP contribution in [0.5, 0.6) is 5.75 Å². The third kappa shape index (κ3) is 7.06. The number of hydrogen-bond acceptors (Lipinski definition) is 3. The van der Waals surface area contributed by atoms with E-state index in [0.717, 1.165) is 10.2 Å². The molecule has 19 heavy (non-hydrogen) atoms. The number of carbonyl (C=O) groups is 1. The lowest BCUT2D eigenvalue weighted by Gasteiger charge is -2.21. The second kappa shape index (κ2) is 6.80. The van der Waals surface area contributed by atoms with Gasteiger partial charge in [0.2, 0.25) is 0 Å². The molecule has 5 heteroatoms. The summed E-state index contributed by atoms with van der Waals surface area (Å²) in [5, 5.41) is 2.68. The molecule has 106 valence electrons. The first-order chi connectivity index (χ1) is 8.76. The van der Waals surface area contributed by atoms with Gasteiger partial charge in [0.1, 0.15) is 17.5 Å². The molecule has 0 bridgehead atoms. The Hall–Kier alpha value is -1.23. The maximum Gasteiger partial charge on any atom is 0.407 e. The van der Waals surface area contributed by atoms with E-state index in [2.05, 4.69) is 21.2 Å². The van der Waals surface area contributed by atoms with Gasteiger partial charge in [-0.15, -0.1) is 0 Å². The first-order valence-corrected chi connectivity index (χ1v) is 6.94. The van der Waals surface area contributed by atoms with Crippen LogP contribution in [0.3, 0.4) is 0 Å². The topological polar surface area (TPSA) is 47.6 Å². The van der Waals surface area contributed by atoms with Crippen LogP contribution < -0.4 is 10.1 Å². The molecule has 0 aliphatic heterocycles. The number of carbonyl (C=O) groups excluding carboxylic acids is 1. The van der Waals surface area contributed by atoms with Gasteiger partial charge in [0.15, 0.2) is 0 Å². The number of halogens is 1. The summed E-state index contributed by atoms with van der Waals surface area (Å²) >= 11 is 3.38. The van der Waals surface area contributed by atoms with E-state index in [9.17, 15) is 4.79 Å². The molecule has 0 aliphatic carbocycles. The van der Waals surface area contributed by atoms with E-state index in [1.807, 2.05) is 52.0 Å². The van der Waals surface area contributed by atoms with Gasteiger partial charge >= 0.3 is 6.09 Å². The Labute approximate surface area is 122 Å². The van der Waals surface area contributed by atoms with Crippen LogP contribution in [0, 0.1) is 0 Å². The molecule has 1 atom stereocenters. The van der Waals surface area contributed by atoms with Crippen LogP contribution in [0.15, 0.2) is 28.7 Å². The van der Waals surface area contributed by atoms with E-state index in [1.165, 1.54) is 0 Å². The van der Waals surface area contributed by atoms with Crippen LogP contribution in [-0.2, 0) is 4.74 Å². The van der Waals surface area contributed by atoms with E-state index in [4.69, 9.17) is 9.47 Å². The first kappa shape index (κ1) is 15.8. The summed E-state index contributed by atoms with van der Waals surface area (Å²) < 4.78 is 11.8. The second-order valence-electron chi connectivity index (χ2n) is 5.27. The summed E-state index contributed by atoms with van der Waals surface area (Å²) in [4.78, 5) is 11.5. The van der Waals surface area contributed by atoms with Crippen LogP contribution in [0.1, 0.15) is 27.7 Å². The standard InChI is InChI=1S/C14H20BrNO3/c1-10(9-16-13(17)19-14(2,3)4)18-12-7-5-6-11(15)8-12/h5-8,10H,9H2,1-4H3,(H,16,17). The van der Waals surface area contributed by atoms with Crippen LogP contribution >= 0.6 is 15.9 Å². The summed E-state index contributed by atoms with van der Waals surface area (Å²) in [5.41, 5.74) is -0.488. The van der Waals surface area contributed by atoms with Gasteiger partial charge in [-0.05, 0) is 45.9 Å². The van der Waals surface area contributed by atoms with Crippen molar-refractivity contribution in [2.45, 2.75) is 39.4 Å². The Balaban J connectivity index is 2.36. The minimum absolute atomic E-state index is 0.137. The van der Waals surface area contributed by atoms with E-state index in [-0.39, 0.29) is 6.10 Å². The molecule has 1 aromatic rings. The van der Waals surface area contributed by atoms with Crippen molar-refractivity contribution in [3.05, 3.63) is 28.7 Å². The molecular weight excluding hydrogens is 310 g/mol. The van der Waals surface area contributed by atoms with Gasteiger partial charge in [-0.25, -0.2) is 4.79 Å². The number of alkyl carbamates (subject to hydrolysis) is 1. The van der Waals surface area contributed by atoms with Crippen LogP contribution in [0.2, 0.25) is 0 Å². The van der Waals surface area contributed by atoms with Gasteiger partial charge in [-0.3, -0.25) is 0 Å². The summed E-state index contributed by atoms with van der Waals surface area (Å²) in [6, 6.07) is 7.57. The van der Waals surface area contributed by atoms with Crippen LogP contribution in [-0.4, -0.2) is 24.3 Å². The summed E-state index contributed by atoms with van der Waals surface area (Å²) in [6.45, 7) is 7.76. The average molecular weight is 330 g/mol. The molecule has 1 aromatic carbocycles. The SMILES string of the molecule is CC(CNC(=O)OC(C)(C)C)Oc1cccc(Br)c1. The lowest BCUT2D eigenvalue weighted by Crippen LogP contribution is -2.37. The molecule has 0 spiro atoms. The van der Waals surface area contributed by atoms with Crippen molar-refractivity contribution in [2.24, 2.45) is 0 Å². The van der Waals surface area contributed by atoms with E-state index in [1.54, 1.807) is 0 Å². The van der Waals surface area contributed by atoms with Gasteiger partial charge in [0.05, 0.1) is 6.54 Å². The molecule has 0 heterocycles. The van der Waals surface area contributed by atoms with Crippen LogP contribution in [0.4, 0.5) is 4.79 Å². The van der Waals surface area contributed by atoms with Crippen molar-refractivity contribution < 1.29 is 14.3 Å². The highest BCUT2D eigenvalue weighted by atomic mass is 79.9. The smallest absolute Gasteiger partial charge is 0.407 e. The third-order valence-electron chi connectivity index (χ3n) is 2.07. The zero-order valence-corrected chi connectivity index (χ0v) is 13.3. The fourth-order valence-corrected chi connectivity index (χ4v) is 1.73. The van der Waals surface area contributed by atoms with Gasteiger partial charge < -0.3 is 14.8 Å². The van der Waals surface area contributed by atoms with Gasteiger partial charge in [0.25, 0.3) is 0 Å². The summed E-state index contributed by atoms with van der Waals surface area (Å²) in [7, 11) is 0. The maximum atomic E-state index is 11.5. The molecular formula is C14H20BrNO3. The molecule has 1 N–H and O–H groups in total. The average Bonchev–Trinajstić information content (AvgIpc) is 2.24. The minimum Gasteiger partial charge on any atom is -0.489 e. The molecule has 0 saturated carbocycles. The normalized spacial score (nSPS) is 12.7. The highest BCUT2D eigenvalue weighted by Crippen LogP contribution is 2.18. The van der Waals surface area contributed by atoms with E-state index < -0.39 is 11.7 Å². The molecule has 0 radical (unpaired) electrons. The zero-order chi connectivity index (χ0) is 14.5. The maximum absolute atomic E-state index is 11.5. The Bertz CT molecular complexity index is 429. The Kier molecular flexibility index (Phi) is 5.66. The van der Waals surface area contributed by atoms with Crippen molar-refractivity contribution in [1.29, 1.82) is 0 Å². The molecule has 0 aromatic heterocycles. The lowest BCUT2D eigenvalue weighted by atomic mass is 10.2. The number of ether oxygens (including phenoxy) is 2. The number of benzene rings is 1.